The maximum atomic E-state index is 12.9. The number of methoxy groups -OCH3 is 1. The van der Waals surface area contributed by atoms with Gasteiger partial charge in [-0.3, -0.25) is 14.9 Å². The first-order valence-corrected chi connectivity index (χ1v) is 11.5. The smallest absolute Gasteiger partial charge is 0.241 e. The molecule has 7 heteroatoms. The Hall–Kier alpha value is -1.99. The lowest BCUT2D eigenvalue weighted by Gasteiger charge is -2.44. The molecular weight excluding hydrogens is 386 g/mol. The molecule has 2 aliphatic heterocycles. The van der Waals surface area contributed by atoms with E-state index in [1.54, 1.807) is 24.9 Å². The maximum absolute atomic E-state index is 12.9. The van der Waals surface area contributed by atoms with Gasteiger partial charge in [-0.25, -0.2) is 0 Å². The van der Waals surface area contributed by atoms with Gasteiger partial charge in [0.15, 0.2) is 0 Å². The third-order valence-corrected chi connectivity index (χ3v) is 6.52. The second-order valence-corrected chi connectivity index (χ2v) is 8.64. The highest BCUT2D eigenvalue weighted by atomic mass is 32.2. The van der Waals surface area contributed by atoms with Crippen LogP contribution in [0.3, 0.4) is 0 Å². The van der Waals surface area contributed by atoms with Crippen molar-refractivity contribution in [3.05, 3.63) is 42.5 Å². The van der Waals surface area contributed by atoms with Crippen molar-refractivity contribution in [3.8, 4) is 5.75 Å². The molecule has 2 saturated heterocycles. The molecular formula is C22H31N3O3S. The van der Waals surface area contributed by atoms with Crippen LogP contribution in [0.1, 0.15) is 24.8 Å². The summed E-state index contributed by atoms with van der Waals surface area (Å²) in [6.07, 6.45) is 6.53. The molecule has 1 unspecified atom stereocenters. The fourth-order valence-electron chi connectivity index (χ4n) is 4.30. The Morgan fingerprint density at radius 2 is 2.17 bits per heavy atom. The maximum Gasteiger partial charge on any atom is 0.241 e. The van der Waals surface area contributed by atoms with E-state index in [4.69, 9.17) is 4.74 Å². The standard InChI is InChI=1S/C22H31N3O3S/c1-4-11-25-21(27)19(8-14-29-3)23-22(25)9-12-24(13-10-22)20(26)16-17-6-5-7-18(15-17)28-2/h4-7,15,19,23H,1,8-14,16H2,2-3H3. The number of piperidine rings is 1. The molecule has 0 aliphatic carbocycles. The molecule has 0 aromatic heterocycles. The van der Waals surface area contributed by atoms with Gasteiger partial charge >= 0.3 is 0 Å². The highest BCUT2D eigenvalue weighted by Crippen LogP contribution is 2.33. The Labute approximate surface area is 177 Å². The molecule has 0 bridgehead atoms. The van der Waals surface area contributed by atoms with Crippen molar-refractivity contribution in [1.82, 2.24) is 15.1 Å². The average Bonchev–Trinajstić information content (AvgIpc) is 2.98. The summed E-state index contributed by atoms with van der Waals surface area (Å²) in [5.41, 5.74) is 0.593. The summed E-state index contributed by atoms with van der Waals surface area (Å²) in [5.74, 6) is 1.99. The molecule has 1 aromatic carbocycles. The summed E-state index contributed by atoms with van der Waals surface area (Å²) < 4.78 is 5.25. The molecule has 2 heterocycles. The molecule has 0 radical (unpaired) electrons. The number of hydrogen-bond donors (Lipinski definition) is 1. The quantitative estimate of drug-likeness (QED) is 0.658. The number of benzene rings is 1. The van der Waals surface area contributed by atoms with Gasteiger partial charge in [-0.15, -0.1) is 6.58 Å². The van der Waals surface area contributed by atoms with Crippen LogP contribution in [0.4, 0.5) is 0 Å². The van der Waals surface area contributed by atoms with E-state index >= 15 is 0 Å². The molecule has 29 heavy (non-hydrogen) atoms. The third-order valence-electron chi connectivity index (χ3n) is 5.88. The summed E-state index contributed by atoms with van der Waals surface area (Å²) in [7, 11) is 1.63. The van der Waals surface area contributed by atoms with Crippen LogP contribution in [0, 0.1) is 0 Å². The molecule has 0 saturated carbocycles. The highest BCUT2D eigenvalue weighted by Gasteiger charge is 2.50. The van der Waals surface area contributed by atoms with Crippen LogP contribution >= 0.6 is 11.8 Å². The zero-order valence-corrected chi connectivity index (χ0v) is 18.2. The monoisotopic (exact) mass is 417 g/mol. The summed E-state index contributed by atoms with van der Waals surface area (Å²) in [4.78, 5) is 29.6. The predicted octanol–water partition coefficient (Wildman–Crippen LogP) is 2.30. The van der Waals surface area contributed by atoms with Crippen molar-refractivity contribution in [2.75, 3.05) is 38.8 Å². The molecule has 2 aliphatic rings. The average molecular weight is 418 g/mol. The second kappa shape index (κ2) is 9.67. The van der Waals surface area contributed by atoms with Crippen LogP contribution in [-0.4, -0.2) is 72.1 Å². The number of nitrogens with zero attached hydrogens (tertiary/aromatic N) is 2. The molecule has 1 spiro atoms. The molecule has 6 nitrogen and oxygen atoms in total. The molecule has 1 N–H and O–H groups in total. The Morgan fingerprint density at radius 3 is 2.83 bits per heavy atom. The number of ether oxygens (including phenoxy) is 1. The molecule has 158 valence electrons. The van der Waals surface area contributed by atoms with Crippen LogP contribution in [0.25, 0.3) is 0 Å². The normalized spacial score (nSPS) is 20.9. The van der Waals surface area contributed by atoms with E-state index in [1.165, 1.54) is 0 Å². The van der Waals surface area contributed by atoms with Crippen LogP contribution in [-0.2, 0) is 16.0 Å². The van der Waals surface area contributed by atoms with Gasteiger partial charge in [-0.2, -0.15) is 11.8 Å². The fourth-order valence-corrected chi connectivity index (χ4v) is 4.77. The van der Waals surface area contributed by atoms with Gasteiger partial charge in [0.25, 0.3) is 0 Å². The number of likely N-dealkylation sites (tertiary alicyclic amines) is 1. The third kappa shape index (κ3) is 4.78. The minimum Gasteiger partial charge on any atom is -0.497 e. The van der Waals surface area contributed by atoms with Crippen molar-refractivity contribution in [1.29, 1.82) is 0 Å². The molecule has 1 aromatic rings. The van der Waals surface area contributed by atoms with Crippen molar-refractivity contribution in [2.45, 2.75) is 37.4 Å². The van der Waals surface area contributed by atoms with Crippen molar-refractivity contribution >= 4 is 23.6 Å². The van der Waals surface area contributed by atoms with E-state index in [9.17, 15) is 9.59 Å². The van der Waals surface area contributed by atoms with Crippen LogP contribution in [0.15, 0.2) is 36.9 Å². The van der Waals surface area contributed by atoms with Gasteiger partial charge in [0.1, 0.15) is 5.75 Å². The van der Waals surface area contributed by atoms with E-state index in [-0.39, 0.29) is 23.5 Å². The Balaban J connectivity index is 1.63. The Bertz CT molecular complexity index is 747. The number of amides is 2. The first kappa shape index (κ1) is 21.7. The number of nitrogens with one attached hydrogen (secondary N) is 1. The summed E-state index contributed by atoms with van der Waals surface area (Å²) in [6, 6.07) is 7.50. The van der Waals surface area contributed by atoms with Crippen molar-refractivity contribution in [3.63, 3.8) is 0 Å². The van der Waals surface area contributed by atoms with Crippen LogP contribution in [0.5, 0.6) is 5.75 Å². The van der Waals surface area contributed by atoms with Crippen LogP contribution in [0.2, 0.25) is 0 Å². The Kier molecular flexibility index (Phi) is 7.24. The lowest BCUT2D eigenvalue weighted by atomic mass is 9.95. The fraction of sp³-hybridized carbons (Fsp3) is 0.545. The summed E-state index contributed by atoms with van der Waals surface area (Å²) in [6.45, 7) is 5.66. The van der Waals surface area contributed by atoms with Crippen molar-refractivity contribution < 1.29 is 14.3 Å². The second-order valence-electron chi connectivity index (χ2n) is 7.66. The largest absolute Gasteiger partial charge is 0.497 e. The number of carbonyl (C=O) groups excluding carboxylic acids is 2. The number of carbonyl (C=O) groups is 2. The minimum absolute atomic E-state index is 0.117. The van der Waals surface area contributed by atoms with E-state index < -0.39 is 0 Å². The molecule has 2 fully saturated rings. The summed E-state index contributed by atoms with van der Waals surface area (Å²) in [5, 5.41) is 3.61. The van der Waals surface area contributed by atoms with Gasteiger partial charge in [0.2, 0.25) is 11.8 Å². The number of thioether (sulfide) groups is 1. The SMILES string of the molecule is C=CCN1C(=O)C(CCSC)NC12CCN(C(=O)Cc1cccc(OC)c1)CC2. The van der Waals surface area contributed by atoms with E-state index in [0.717, 1.165) is 36.3 Å². The topological polar surface area (TPSA) is 61.9 Å². The lowest BCUT2D eigenvalue weighted by Crippen LogP contribution is -2.59. The first-order valence-electron chi connectivity index (χ1n) is 10.1. The summed E-state index contributed by atoms with van der Waals surface area (Å²) >= 11 is 1.76. The highest BCUT2D eigenvalue weighted by molar-refractivity contribution is 7.98. The van der Waals surface area contributed by atoms with E-state index in [1.807, 2.05) is 34.1 Å². The van der Waals surface area contributed by atoms with Gasteiger partial charge in [-0.05, 0) is 36.1 Å². The zero-order chi connectivity index (χ0) is 20.9. The molecule has 3 rings (SSSR count). The number of hydrogen-bond acceptors (Lipinski definition) is 5. The van der Waals surface area contributed by atoms with Crippen molar-refractivity contribution in [2.24, 2.45) is 0 Å². The lowest BCUT2D eigenvalue weighted by molar-refractivity contribution is -0.136. The molecule has 1 atom stereocenters. The first-order chi connectivity index (χ1) is 14.0. The zero-order valence-electron chi connectivity index (χ0n) is 17.4. The van der Waals surface area contributed by atoms with Gasteiger partial charge in [0.05, 0.1) is 25.2 Å². The number of rotatable bonds is 8. The minimum atomic E-state index is -0.360. The van der Waals surface area contributed by atoms with Gasteiger partial charge < -0.3 is 14.5 Å². The Morgan fingerprint density at radius 1 is 1.41 bits per heavy atom. The van der Waals surface area contributed by atoms with Crippen LogP contribution < -0.4 is 10.1 Å². The molecule has 2 amide bonds. The van der Waals surface area contributed by atoms with Gasteiger partial charge in [-0.1, -0.05) is 18.2 Å². The van der Waals surface area contributed by atoms with E-state index in [0.29, 0.717) is 26.1 Å². The van der Waals surface area contributed by atoms with Gasteiger partial charge in [0, 0.05) is 32.5 Å². The predicted molar refractivity (Wildman–Crippen MR) is 117 cm³/mol. The van der Waals surface area contributed by atoms with E-state index in [2.05, 4.69) is 18.2 Å².